The molecule has 1 aliphatic rings. The van der Waals surface area contributed by atoms with E-state index in [9.17, 15) is 0 Å². The zero-order valence-electron chi connectivity index (χ0n) is 14.0. The second kappa shape index (κ2) is 12.9. The van der Waals surface area contributed by atoms with Crippen molar-refractivity contribution in [2.75, 3.05) is 26.2 Å². The van der Waals surface area contributed by atoms with Gasteiger partial charge in [-0.15, -0.1) is 0 Å². The normalized spacial score (nSPS) is 15.1. The lowest BCUT2D eigenvalue weighted by Crippen LogP contribution is -2.32. The van der Waals surface area contributed by atoms with E-state index in [4.69, 9.17) is 5.73 Å². The Morgan fingerprint density at radius 1 is 1.05 bits per heavy atom. The summed E-state index contributed by atoms with van der Waals surface area (Å²) in [7, 11) is 0. The summed E-state index contributed by atoms with van der Waals surface area (Å²) >= 11 is 0. The first-order valence-electron chi connectivity index (χ1n) is 9.01. The van der Waals surface area contributed by atoms with Crippen LogP contribution in [-0.2, 0) is 0 Å². The molecule has 21 heavy (non-hydrogen) atoms. The SMILES string of the molecule is CCCCC/C=C/CCCCCCC1=NCCN1CCN. The van der Waals surface area contributed by atoms with Crippen molar-refractivity contribution < 1.29 is 0 Å². The molecule has 1 heterocycles. The van der Waals surface area contributed by atoms with Gasteiger partial charge in [0, 0.05) is 26.1 Å². The zero-order chi connectivity index (χ0) is 15.2. The first kappa shape index (κ1) is 18.2. The molecule has 2 N–H and O–H groups in total. The standard InChI is InChI=1S/C18H35N3/c1-2-3-4-5-6-7-8-9-10-11-12-13-18-20-15-17-21(18)16-14-19/h6-7H,2-5,8-17,19H2,1H3/b7-6+. The molecule has 0 aromatic rings. The van der Waals surface area contributed by atoms with Crippen molar-refractivity contribution in [3.8, 4) is 0 Å². The van der Waals surface area contributed by atoms with Crippen molar-refractivity contribution in [2.24, 2.45) is 10.7 Å². The second-order valence-electron chi connectivity index (χ2n) is 5.99. The van der Waals surface area contributed by atoms with Gasteiger partial charge in [0.25, 0.3) is 0 Å². The van der Waals surface area contributed by atoms with E-state index in [1.165, 1.54) is 63.6 Å². The molecule has 0 fully saturated rings. The van der Waals surface area contributed by atoms with Gasteiger partial charge in [-0.05, 0) is 32.1 Å². The fourth-order valence-electron chi connectivity index (χ4n) is 2.81. The van der Waals surface area contributed by atoms with Gasteiger partial charge >= 0.3 is 0 Å². The monoisotopic (exact) mass is 293 g/mol. The van der Waals surface area contributed by atoms with Crippen LogP contribution in [0, 0.1) is 0 Å². The number of allylic oxidation sites excluding steroid dienone is 2. The molecular formula is C18H35N3. The van der Waals surface area contributed by atoms with Crippen molar-refractivity contribution in [3.05, 3.63) is 12.2 Å². The minimum Gasteiger partial charge on any atom is -0.357 e. The number of aliphatic imine (C=N–C) groups is 1. The van der Waals surface area contributed by atoms with Crippen molar-refractivity contribution in [3.63, 3.8) is 0 Å². The topological polar surface area (TPSA) is 41.6 Å². The lowest BCUT2D eigenvalue weighted by molar-refractivity contribution is 0.456. The highest BCUT2D eigenvalue weighted by molar-refractivity contribution is 5.83. The van der Waals surface area contributed by atoms with Crippen LogP contribution >= 0.6 is 0 Å². The third kappa shape index (κ3) is 8.92. The number of unbranched alkanes of at least 4 members (excludes halogenated alkanes) is 7. The van der Waals surface area contributed by atoms with Gasteiger partial charge in [0.2, 0.25) is 0 Å². The van der Waals surface area contributed by atoms with Gasteiger partial charge in [0.05, 0.1) is 12.4 Å². The molecule has 3 heteroatoms. The first-order chi connectivity index (χ1) is 10.4. The van der Waals surface area contributed by atoms with Crippen LogP contribution in [0.5, 0.6) is 0 Å². The Morgan fingerprint density at radius 3 is 2.48 bits per heavy atom. The molecule has 122 valence electrons. The van der Waals surface area contributed by atoms with Gasteiger partial charge in [-0.3, -0.25) is 4.99 Å². The summed E-state index contributed by atoms with van der Waals surface area (Å²) < 4.78 is 0. The van der Waals surface area contributed by atoms with Crippen LogP contribution in [0.1, 0.15) is 71.1 Å². The molecular weight excluding hydrogens is 258 g/mol. The molecule has 0 radical (unpaired) electrons. The average Bonchev–Trinajstić information content (AvgIpc) is 2.92. The Bertz CT molecular complexity index is 297. The number of hydrogen-bond donors (Lipinski definition) is 1. The summed E-state index contributed by atoms with van der Waals surface area (Å²) in [5, 5.41) is 0. The molecule has 0 aliphatic carbocycles. The molecule has 1 rings (SSSR count). The predicted molar refractivity (Wildman–Crippen MR) is 93.9 cm³/mol. The van der Waals surface area contributed by atoms with Gasteiger partial charge < -0.3 is 10.6 Å². The van der Waals surface area contributed by atoms with Crippen LogP contribution in [0.3, 0.4) is 0 Å². The molecule has 0 saturated heterocycles. The number of amidine groups is 1. The van der Waals surface area contributed by atoms with Crippen LogP contribution in [0.15, 0.2) is 17.1 Å². The maximum atomic E-state index is 5.63. The maximum Gasteiger partial charge on any atom is 0.0990 e. The Labute approximate surface area is 131 Å². The van der Waals surface area contributed by atoms with E-state index in [1.807, 2.05) is 0 Å². The fraction of sp³-hybridized carbons (Fsp3) is 0.833. The lowest BCUT2D eigenvalue weighted by Gasteiger charge is -2.19. The predicted octanol–water partition coefficient (Wildman–Crippen LogP) is 4.14. The summed E-state index contributed by atoms with van der Waals surface area (Å²) in [6.45, 7) is 6.02. The van der Waals surface area contributed by atoms with E-state index in [-0.39, 0.29) is 0 Å². The molecule has 0 aromatic carbocycles. The van der Waals surface area contributed by atoms with Crippen molar-refractivity contribution >= 4 is 5.84 Å². The zero-order valence-corrected chi connectivity index (χ0v) is 14.0. The Kier molecular flexibility index (Phi) is 11.2. The van der Waals surface area contributed by atoms with E-state index in [1.54, 1.807) is 0 Å². The molecule has 0 spiro atoms. The molecule has 0 atom stereocenters. The summed E-state index contributed by atoms with van der Waals surface area (Å²) in [4.78, 5) is 6.95. The lowest BCUT2D eigenvalue weighted by atomic mass is 10.1. The molecule has 0 saturated carbocycles. The van der Waals surface area contributed by atoms with Gasteiger partial charge in [-0.2, -0.15) is 0 Å². The average molecular weight is 293 g/mol. The third-order valence-corrected chi connectivity index (χ3v) is 4.09. The van der Waals surface area contributed by atoms with Gasteiger partial charge in [-0.25, -0.2) is 0 Å². The molecule has 0 aromatic heterocycles. The molecule has 0 bridgehead atoms. The van der Waals surface area contributed by atoms with E-state index >= 15 is 0 Å². The van der Waals surface area contributed by atoms with Gasteiger partial charge in [0.1, 0.15) is 0 Å². The van der Waals surface area contributed by atoms with E-state index < -0.39 is 0 Å². The van der Waals surface area contributed by atoms with Gasteiger partial charge in [0.15, 0.2) is 0 Å². The highest BCUT2D eigenvalue weighted by Gasteiger charge is 2.14. The minimum absolute atomic E-state index is 0.740. The Hall–Kier alpha value is -0.830. The minimum atomic E-state index is 0.740. The van der Waals surface area contributed by atoms with Crippen LogP contribution in [0.2, 0.25) is 0 Å². The molecule has 3 nitrogen and oxygen atoms in total. The van der Waals surface area contributed by atoms with Gasteiger partial charge in [-0.1, -0.05) is 44.8 Å². The number of hydrogen-bond acceptors (Lipinski definition) is 3. The Balaban J connectivity index is 1.90. The van der Waals surface area contributed by atoms with Crippen molar-refractivity contribution in [1.29, 1.82) is 0 Å². The largest absolute Gasteiger partial charge is 0.357 e. The number of nitrogens with zero attached hydrogens (tertiary/aromatic N) is 2. The van der Waals surface area contributed by atoms with Crippen molar-refractivity contribution in [2.45, 2.75) is 71.1 Å². The van der Waals surface area contributed by atoms with Crippen LogP contribution in [0.25, 0.3) is 0 Å². The van der Waals surface area contributed by atoms with Crippen LogP contribution in [-0.4, -0.2) is 36.9 Å². The summed E-state index contributed by atoms with van der Waals surface area (Å²) in [6.07, 6.45) is 17.8. The molecule has 0 amide bonds. The highest BCUT2D eigenvalue weighted by Crippen LogP contribution is 2.11. The molecule has 0 unspecified atom stereocenters. The summed E-state index contributed by atoms with van der Waals surface area (Å²) in [5.41, 5.74) is 5.63. The highest BCUT2D eigenvalue weighted by atomic mass is 15.2. The second-order valence-corrected chi connectivity index (χ2v) is 5.99. The summed E-state index contributed by atoms with van der Waals surface area (Å²) in [6, 6.07) is 0. The van der Waals surface area contributed by atoms with E-state index in [0.29, 0.717) is 0 Å². The van der Waals surface area contributed by atoms with Crippen LogP contribution < -0.4 is 5.73 Å². The summed E-state index contributed by atoms with van der Waals surface area (Å²) in [5.74, 6) is 1.30. The third-order valence-electron chi connectivity index (χ3n) is 4.09. The Morgan fingerprint density at radius 2 is 1.76 bits per heavy atom. The quantitative estimate of drug-likeness (QED) is 0.409. The fourth-order valence-corrected chi connectivity index (χ4v) is 2.81. The van der Waals surface area contributed by atoms with Crippen LogP contribution in [0.4, 0.5) is 0 Å². The van der Waals surface area contributed by atoms with E-state index in [0.717, 1.165) is 32.6 Å². The number of rotatable bonds is 13. The molecule has 1 aliphatic heterocycles. The number of nitrogens with two attached hydrogens (primary N) is 1. The van der Waals surface area contributed by atoms with E-state index in [2.05, 4.69) is 29.0 Å². The smallest absolute Gasteiger partial charge is 0.0990 e. The maximum absolute atomic E-state index is 5.63. The van der Waals surface area contributed by atoms with Crippen molar-refractivity contribution in [1.82, 2.24) is 4.90 Å². The first-order valence-corrected chi connectivity index (χ1v) is 9.01.